The lowest BCUT2D eigenvalue weighted by molar-refractivity contribution is 0.416. The van der Waals surface area contributed by atoms with Gasteiger partial charge in [-0.3, -0.25) is 10.2 Å². The largest absolute Gasteiger partial charge is 0.496 e. The summed E-state index contributed by atoms with van der Waals surface area (Å²) in [5, 5.41) is 0.551. The molecule has 0 aliphatic carbocycles. The zero-order valence-corrected chi connectivity index (χ0v) is 14.2. The van der Waals surface area contributed by atoms with Crippen LogP contribution in [0.1, 0.15) is 0 Å². The summed E-state index contributed by atoms with van der Waals surface area (Å²) in [6.45, 7) is 0. The number of hydrogen-bond donors (Lipinski definition) is 1. The Labute approximate surface area is 150 Å². The van der Waals surface area contributed by atoms with Gasteiger partial charge in [-0.25, -0.2) is 4.98 Å². The molecule has 0 bridgehead atoms. The van der Waals surface area contributed by atoms with Crippen molar-refractivity contribution in [3.05, 3.63) is 89.2 Å². The molecule has 1 N–H and O–H groups in total. The van der Waals surface area contributed by atoms with Crippen molar-refractivity contribution >= 4 is 16.6 Å². The molecule has 0 aliphatic heterocycles. The Balaban J connectivity index is 2.01. The van der Waals surface area contributed by atoms with Crippen LogP contribution < -0.4 is 15.7 Å². The van der Waals surface area contributed by atoms with Gasteiger partial charge in [0, 0.05) is 0 Å². The smallest absolute Gasteiger partial charge is 0.280 e. The zero-order chi connectivity index (χ0) is 17.9. The third-order valence-corrected chi connectivity index (χ3v) is 4.14. The summed E-state index contributed by atoms with van der Waals surface area (Å²) in [6.07, 6.45) is 0. The Hall–Kier alpha value is -3.60. The molecule has 0 radical (unpaired) electrons. The van der Waals surface area contributed by atoms with E-state index in [2.05, 4.69) is 5.43 Å². The number of para-hydroxylation sites is 3. The van der Waals surface area contributed by atoms with Crippen molar-refractivity contribution in [1.29, 1.82) is 0 Å². The highest BCUT2D eigenvalue weighted by atomic mass is 16.5. The standard InChI is InChI=1S/C21H17N3O2/c1-26-19-14-8-6-12-17(19)20-22-18-13-7-5-11-16(18)21(25)24(20)23-15-9-3-2-4-10-15/h2-14,23H,1H3. The second kappa shape index (κ2) is 6.72. The van der Waals surface area contributed by atoms with E-state index in [1.807, 2.05) is 72.8 Å². The lowest BCUT2D eigenvalue weighted by Crippen LogP contribution is -2.29. The van der Waals surface area contributed by atoms with Crippen molar-refractivity contribution in [2.75, 3.05) is 12.5 Å². The predicted octanol–water partition coefficient (Wildman–Crippen LogP) is 3.95. The maximum atomic E-state index is 13.1. The van der Waals surface area contributed by atoms with Crippen LogP contribution in [0.5, 0.6) is 5.75 Å². The van der Waals surface area contributed by atoms with Crippen LogP contribution in [0.3, 0.4) is 0 Å². The highest BCUT2D eigenvalue weighted by molar-refractivity contribution is 5.80. The SMILES string of the molecule is COc1ccccc1-c1nc2ccccc2c(=O)n1Nc1ccccc1. The Morgan fingerprint density at radius 2 is 1.58 bits per heavy atom. The van der Waals surface area contributed by atoms with E-state index in [4.69, 9.17) is 9.72 Å². The van der Waals surface area contributed by atoms with Crippen molar-refractivity contribution in [3.63, 3.8) is 0 Å². The molecule has 4 rings (SSSR count). The van der Waals surface area contributed by atoms with Crippen LogP contribution in [0, 0.1) is 0 Å². The molecule has 5 heteroatoms. The summed E-state index contributed by atoms with van der Waals surface area (Å²) >= 11 is 0. The molecular formula is C21H17N3O2. The first-order valence-corrected chi connectivity index (χ1v) is 8.25. The van der Waals surface area contributed by atoms with E-state index in [9.17, 15) is 4.79 Å². The molecule has 0 aliphatic rings. The van der Waals surface area contributed by atoms with Crippen LogP contribution in [0.4, 0.5) is 5.69 Å². The van der Waals surface area contributed by atoms with Crippen molar-refractivity contribution in [2.45, 2.75) is 0 Å². The number of benzene rings is 3. The fraction of sp³-hybridized carbons (Fsp3) is 0.0476. The van der Waals surface area contributed by atoms with Crippen LogP contribution in [0.15, 0.2) is 83.7 Å². The Kier molecular flexibility index (Phi) is 4.11. The number of rotatable bonds is 4. The molecule has 0 amide bonds. The fourth-order valence-corrected chi connectivity index (χ4v) is 2.89. The molecule has 4 aromatic rings. The normalized spacial score (nSPS) is 10.7. The molecule has 0 spiro atoms. The van der Waals surface area contributed by atoms with E-state index in [0.29, 0.717) is 22.5 Å². The van der Waals surface area contributed by atoms with Gasteiger partial charge in [0.25, 0.3) is 5.56 Å². The average molecular weight is 343 g/mol. The zero-order valence-electron chi connectivity index (χ0n) is 14.2. The van der Waals surface area contributed by atoms with E-state index in [1.54, 1.807) is 13.2 Å². The van der Waals surface area contributed by atoms with E-state index in [1.165, 1.54) is 4.68 Å². The molecule has 1 heterocycles. The summed E-state index contributed by atoms with van der Waals surface area (Å²) in [7, 11) is 1.60. The number of nitrogens with one attached hydrogen (secondary N) is 1. The first-order chi connectivity index (χ1) is 12.8. The van der Waals surface area contributed by atoms with Gasteiger partial charge >= 0.3 is 0 Å². The summed E-state index contributed by atoms with van der Waals surface area (Å²) in [5.74, 6) is 1.15. The number of ether oxygens (including phenoxy) is 1. The highest BCUT2D eigenvalue weighted by Gasteiger charge is 2.16. The molecule has 0 atom stereocenters. The predicted molar refractivity (Wildman–Crippen MR) is 103 cm³/mol. The minimum Gasteiger partial charge on any atom is -0.496 e. The first-order valence-electron chi connectivity index (χ1n) is 8.25. The lowest BCUT2D eigenvalue weighted by Gasteiger charge is -2.17. The van der Waals surface area contributed by atoms with Gasteiger partial charge in [0.15, 0.2) is 5.82 Å². The Morgan fingerprint density at radius 3 is 2.38 bits per heavy atom. The van der Waals surface area contributed by atoms with Gasteiger partial charge in [0.1, 0.15) is 5.75 Å². The van der Waals surface area contributed by atoms with Gasteiger partial charge < -0.3 is 4.74 Å². The van der Waals surface area contributed by atoms with Crippen LogP contribution >= 0.6 is 0 Å². The maximum absolute atomic E-state index is 13.1. The summed E-state index contributed by atoms with van der Waals surface area (Å²) in [4.78, 5) is 17.9. The van der Waals surface area contributed by atoms with Gasteiger partial charge in [0.2, 0.25) is 0 Å². The van der Waals surface area contributed by atoms with Gasteiger partial charge in [-0.1, -0.05) is 42.5 Å². The Bertz CT molecular complexity index is 1120. The molecule has 0 fully saturated rings. The van der Waals surface area contributed by atoms with Gasteiger partial charge in [0.05, 0.1) is 29.3 Å². The first kappa shape index (κ1) is 15.9. The van der Waals surface area contributed by atoms with Gasteiger partial charge in [-0.05, 0) is 36.4 Å². The van der Waals surface area contributed by atoms with Gasteiger partial charge in [-0.2, -0.15) is 4.68 Å². The fourth-order valence-electron chi connectivity index (χ4n) is 2.89. The van der Waals surface area contributed by atoms with E-state index >= 15 is 0 Å². The quantitative estimate of drug-likeness (QED) is 0.610. The van der Waals surface area contributed by atoms with Gasteiger partial charge in [-0.15, -0.1) is 0 Å². The van der Waals surface area contributed by atoms with E-state index < -0.39 is 0 Å². The molecule has 1 aromatic heterocycles. The summed E-state index contributed by atoms with van der Waals surface area (Å²) in [5.41, 5.74) is 5.18. The molecule has 0 saturated carbocycles. The van der Waals surface area contributed by atoms with Crippen LogP contribution in [-0.4, -0.2) is 16.8 Å². The topological polar surface area (TPSA) is 56.1 Å². The molecule has 0 unspecified atom stereocenters. The average Bonchev–Trinajstić information content (AvgIpc) is 2.71. The third-order valence-electron chi connectivity index (χ3n) is 4.14. The second-order valence-electron chi connectivity index (χ2n) is 5.77. The molecular weight excluding hydrogens is 326 g/mol. The number of hydrogen-bond acceptors (Lipinski definition) is 4. The minimum atomic E-state index is -0.166. The molecule has 128 valence electrons. The minimum absolute atomic E-state index is 0.166. The van der Waals surface area contributed by atoms with Crippen LogP contribution in [0.25, 0.3) is 22.3 Å². The third kappa shape index (κ3) is 2.80. The van der Waals surface area contributed by atoms with E-state index in [-0.39, 0.29) is 5.56 Å². The van der Waals surface area contributed by atoms with Crippen molar-refractivity contribution in [1.82, 2.24) is 9.66 Å². The highest BCUT2D eigenvalue weighted by Crippen LogP contribution is 2.28. The van der Waals surface area contributed by atoms with Crippen LogP contribution in [-0.2, 0) is 0 Å². The van der Waals surface area contributed by atoms with Crippen molar-refractivity contribution in [2.24, 2.45) is 0 Å². The number of anilines is 1. The molecule has 3 aromatic carbocycles. The number of nitrogens with zero attached hydrogens (tertiary/aromatic N) is 2. The summed E-state index contributed by atoms with van der Waals surface area (Å²) in [6, 6.07) is 24.4. The molecule has 5 nitrogen and oxygen atoms in total. The number of methoxy groups -OCH3 is 1. The maximum Gasteiger partial charge on any atom is 0.280 e. The lowest BCUT2D eigenvalue weighted by atomic mass is 10.1. The molecule has 26 heavy (non-hydrogen) atoms. The van der Waals surface area contributed by atoms with Crippen molar-refractivity contribution < 1.29 is 4.74 Å². The number of aromatic nitrogens is 2. The summed E-state index contributed by atoms with van der Waals surface area (Å²) < 4.78 is 6.94. The monoisotopic (exact) mass is 343 g/mol. The van der Waals surface area contributed by atoms with Crippen molar-refractivity contribution in [3.8, 4) is 17.1 Å². The Morgan fingerprint density at radius 1 is 0.885 bits per heavy atom. The van der Waals surface area contributed by atoms with Crippen LogP contribution in [0.2, 0.25) is 0 Å². The van der Waals surface area contributed by atoms with E-state index in [0.717, 1.165) is 11.3 Å². The molecule has 0 saturated heterocycles. The second-order valence-corrected chi connectivity index (χ2v) is 5.77. The number of fused-ring (bicyclic) bond motifs is 1.